The van der Waals surface area contributed by atoms with Gasteiger partial charge in [0, 0.05) is 36.5 Å². The second-order valence-corrected chi connectivity index (χ2v) is 6.89. The molecular formula is C23H24FN3O. The zero-order valence-electron chi connectivity index (χ0n) is 16.1. The van der Waals surface area contributed by atoms with E-state index < -0.39 is 0 Å². The number of anilines is 1. The minimum absolute atomic E-state index is 0.0516. The molecule has 5 heteroatoms. The molecule has 0 saturated carbocycles. The fourth-order valence-corrected chi connectivity index (χ4v) is 2.92. The Bertz CT molecular complexity index is 928. The first-order valence-electron chi connectivity index (χ1n) is 9.33. The first-order valence-corrected chi connectivity index (χ1v) is 9.33. The van der Waals surface area contributed by atoms with E-state index in [0.29, 0.717) is 30.0 Å². The molecule has 1 heterocycles. The summed E-state index contributed by atoms with van der Waals surface area (Å²) in [5.74, 6) is 0.212. The summed E-state index contributed by atoms with van der Waals surface area (Å²) in [5.41, 5.74) is 2.18. The summed E-state index contributed by atoms with van der Waals surface area (Å²) in [6, 6.07) is 20.0. The fraction of sp³-hybridized carbons (Fsp3) is 0.217. The van der Waals surface area contributed by atoms with Crippen LogP contribution >= 0.6 is 0 Å². The maximum absolute atomic E-state index is 13.8. The Morgan fingerprint density at radius 2 is 1.79 bits per heavy atom. The molecule has 4 nitrogen and oxygen atoms in total. The number of halogens is 1. The lowest BCUT2D eigenvalue weighted by molar-refractivity contribution is 0.0690. The highest BCUT2D eigenvalue weighted by molar-refractivity contribution is 5.95. The molecule has 3 rings (SSSR count). The van der Waals surface area contributed by atoms with E-state index >= 15 is 0 Å². The van der Waals surface area contributed by atoms with Crippen molar-refractivity contribution in [2.45, 2.75) is 33.0 Å². The monoisotopic (exact) mass is 377 g/mol. The Kier molecular flexibility index (Phi) is 6.37. The van der Waals surface area contributed by atoms with E-state index in [-0.39, 0.29) is 17.8 Å². The highest BCUT2D eigenvalue weighted by atomic mass is 19.1. The SMILES string of the molecule is CC(C)N(Cc1ccccc1)C(=O)c1ccnc(NCc2ccccc2F)c1. The normalized spacial score (nSPS) is 10.7. The highest BCUT2D eigenvalue weighted by Gasteiger charge is 2.19. The van der Waals surface area contributed by atoms with Crippen LogP contribution in [-0.2, 0) is 13.1 Å². The van der Waals surface area contributed by atoms with E-state index in [4.69, 9.17) is 0 Å². The average Bonchev–Trinajstić information content (AvgIpc) is 2.72. The van der Waals surface area contributed by atoms with Crippen molar-refractivity contribution in [1.29, 1.82) is 0 Å². The van der Waals surface area contributed by atoms with Crippen LogP contribution in [0.4, 0.5) is 10.2 Å². The number of aromatic nitrogens is 1. The lowest BCUT2D eigenvalue weighted by Gasteiger charge is -2.27. The number of carbonyl (C=O) groups is 1. The van der Waals surface area contributed by atoms with Gasteiger partial charge < -0.3 is 10.2 Å². The molecule has 0 aliphatic heterocycles. The molecule has 0 radical (unpaired) electrons. The molecule has 0 bridgehead atoms. The molecular weight excluding hydrogens is 353 g/mol. The van der Waals surface area contributed by atoms with Crippen molar-refractivity contribution in [2.75, 3.05) is 5.32 Å². The number of amides is 1. The van der Waals surface area contributed by atoms with Gasteiger partial charge in [-0.1, -0.05) is 48.5 Å². The molecule has 28 heavy (non-hydrogen) atoms. The minimum atomic E-state index is -0.268. The Morgan fingerprint density at radius 3 is 2.50 bits per heavy atom. The zero-order valence-corrected chi connectivity index (χ0v) is 16.1. The van der Waals surface area contributed by atoms with E-state index in [9.17, 15) is 9.18 Å². The van der Waals surface area contributed by atoms with Crippen molar-refractivity contribution in [2.24, 2.45) is 0 Å². The van der Waals surface area contributed by atoms with Crippen molar-refractivity contribution in [3.8, 4) is 0 Å². The minimum Gasteiger partial charge on any atom is -0.366 e. The van der Waals surface area contributed by atoms with E-state index in [2.05, 4.69) is 10.3 Å². The molecule has 0 fully saturated rings. The molecule has 1 N–H and O–H groups in total. The predicted molar refractivity (Wildman–Crippen MR) is 109 cm³/mol. The van der Waals surface area contributed by atoms with Crippen LogP contribution in [0.1, 0.15) is 35.3 Å². The van der Waals surface area contributed by atoms with E-state index in [0.717, 1.165) is 5.56 Å². The number of benzene rings is 2. The van der Waals surface area contributed by atoms with Gasteiger partial charge in [-0.3, -0.25) is 4.79 Å². The molecule has 3 aromatic rings. The quantitative estimate of drug-likeness (QED) is 0.638. The smallest absolute Gasteiger partial charge is 0.254 e. The summed E-state index contributed by atoms with van der Waals surface area (Å²) in [6.07, 6.45) is 1.60. The number of rotatable bonds is 7. The molecule has 1 amide bonds. The lowest BCUT2D eigenvalue weighted by atomic mass is 10.1. The van der Waals surface area contributed by atoms with Crippen LogP contribution in [0.25, 0.3) is 0 Å². The van der Waals surface area contributed by atoms with Gasteiger partial charge in [0.1, 0.15) is 11.6 Å². The van der Waals surface area contributed by atoms with Gasteiger partial charge in [0.2, 0.25) is 0 Å². The third-order valence-electron chi connectivity index (χ3n) is 4.50. The first kappa shape index (κ1) is 19.5. The van der Waals surface area contributed by atoms with Gasteiger partial charge in [-0.25, -0.2) is 9.37 Å². The summed E-state index contributed by atoms with van der Waals surface area (Å²) < 4.78 is 13.8. The van der Waals surface area contributed by atoms with Crippen LogP contribution < -0.4 is 5.32 Å². The molecule has 1 aromatic heterocycles. The second kappa shape index (κ2) is 9.13. The van der Waals surface area contributed by atoms with E-state index in [1.807, 2.05) is 49.1 Å². The molecule has 0 aliphatic rings. The largest absolute Gasteiger partial charge is 0.366 e. The van der Waals surface area contributed by atoms with Crippen molar-refractivity contribution >= 4 is 11.7 Å². The number of nitrogens with one attached hydrogen (secondary N) is 1. The molecule has 2 aromatic carbocycles. The molecule has 0 unspecified atom stereocenters. The molecule has 0 atom stereocenters. The standard InChI is InChI=1S/C23H24FN3O/c1-17(2)27(16-18-8-4-3-5-9-18)23(28)19-12-13-25-22(14-19)26-15-20-10-6-7-11-21(20)24/h3-14,17H,15-16H2,1-2H3,(H,25,26). The van der Waals surface area contributed by atoms with Gasteiger partial charge in [-0.05, 0) is 37.6 Å². The van der Waals surface area contributed by atoms with Gasteiger partial charge in [0.05, 0.1) is 0 Å². The van der Waals surface area contributed by atoms with Crippen LogP contribution in [0.15, 0.2) is 72.9 Å². The van der Waals surface area contributed by atoms with Crippen LogP contribution in [-0.4, -0.2) is 21.8 Å². The summed E-state index contributed by atoms with van der Waals surface area (Å²) in [6.45, 7) is 4.84. The summed E-state index contributed by atoms with van der Waals surface area (Å²) >= 11 is 0. The third-order valence-corrected chi connectivity index (χ3v) is 4.50. The summed E-state index contributed by atoms with van der Waals surface area (Å²) in [4.78, 5) is 19.2. The van der Waals surface area contributed by atoms with Crippen molar-refractivity contribution in [1.82, 2.24) is 9.88 Å². The number of hydrogen-bond donors (Lipinski definition) is 1. The maximum atomic E-state index is 13.8. The predicted octanol–water partition coefficient (Wildman–Crippen LogP) is 4.88. The van der Waals surface area contributed by atoms with Gasteiger partial charge in [-0.2, -0.15) is 0 Å². The zero-order chi connectivity index (χ0) is 19.9. The topological polar surface area (TPSA) is 45.2 Å². The van der Waals surface area contributed by atoms with Crippen LogP contribution in [0.3, 0.4) is 0 Å². The number of hydrogen-bond acceptors (Lipinski definition) is 3. The maximum Gasteiger partial charge on any atom is 0.254 e. The van der Waals surface area contributed by atoms with Crippen molar-refractivity contribution in [3.63, 3.8) is 0 Å². The second-order valence-electron chi connectivity index (χ2n) is 6.89. The Labute approximate surface area is 165 Å². The highest BCUT2D eigenvalue weighted by Crippen LogP contribution is 2.16. The molecule has 144 valence electrons. The van der Waals surface area contributed by atoms with Crippen LogP contribution in [0.2, 0.25) is 0 Å². The number of carbonyl (C=O) groups excluding carboxylic acids is 1. The van der Waals surface area contributed by atoms with Crippen molar-refractivity contribution in [3.05, 3.63) is 95.4 Å². The van der Waals surface area contributed by atoms with Crippen LogP contribution in [0, 0.1) is 5.82 Å². The van der Waals surface area contributed by atoms with E-state index in [1.54, 1.807) is 36.5 Å². The Morgan fingerprint density at radius 1 is 1.07 bits per heavy atom. The Hall–Kier alpha value is -3.21. The van der Waals surface area contributed by atoms with Gasteiger partial charge in [0.15, 0.2) is 0 Å². The Balaban J connectivity index is 1.73. The average molecular weight is 377 g/mol. The molecule has 0 spiro atoms. The van der Waals surface area contributed by atoms with Crippen LogP contribution in [0.5, 0.6) is 0 Å². The molecule has 0 saturated heterocycles. The fourth-order valence-electron chi connectivity index (χ4n) is 2.92. The summed E-state index contributed by atoms with van der Waals surface area (Å²) in [5, 5.41) is 3.09. The third kappa shape index (κ3) is 4.94. The van der Waals surface area contributed by atoms with E-state index in [1.165, 1.54) is 6.07 Å². The lowest BCUT2D eigenvalue weighted by Crippen LogP contribution is -2.36. The van der Waals surface area contributed by atoms with Gasteiger partial charge in [-0.15, -0.1) is 0 Å². The van der Waals surface area contributed by atoms with Crippen molar-refractivity contribution < 1.29 is 9.18 Å². The number of nitrogens with zero attached hydrogens (tertiary/aromatic N) is 2. The first-order chi connectivity index (χ1) is 13.5. The summed E-state index contributed by atoms with van der Waals surface area (Å²) in [7, 11) is 0. The van der Waals surface area contributed by atoms with Gasteiger partial charge >= 0.3 is 0 Å². The molecule has 0 aliphatic carbocycles. The number of pyridine rings is 1. The van der Waals surface area contributed by atoms with Gasteiger partial charge in [0.25, 0.3) is 5.91 Å².